The van der Waals surface area contributed by atoms with Gasteiger partial charge in [-0.2, -0.15) is 5.10 Å². The average molecular weight is 234 g/mol. The van der Waals surface area contributed by atoms with Gasteiger partial charge in [0.1, 0.15) is 0 Å². The average Bonchev–Trinajstić information content (AvgIpc) is 2.30. The van der Waals surface area contributed by atoms with Gasteiger partial charge >= 0.3 is 6.09 Å². The molecule has 1 aromatic rings. The van der Waals surface area contributed by atoms with Crippen molar-refractivity contribution in [1.29, 1.82) is 0 Å². The quantitative estimate of drug-likeness (QED) is 0.643. The number of nitrogens with one attached hydrogen (secondary N) is 1. The van der Waals surface area contributed by atoms with Crippen LogP contribution in [-0.2, 0) is 4.74 Å². The van der Waals surface area contributed by atoms with E-state index in [4.69, 9.17) is 0 Å². The van der Waals surface area contributed by atoms with Crippen LogP contribution in [0.15, 0.2) is 29.4 Å². The molecule has 0 heterocycles. The fraction of sp³-hybridized carbons (Fsp3) is 0.385. The van der Waals surface area contributed by atoms with Crippen LogP contribution in [0.3, 0.4) is 0 Å². The Kier molecular flexibility index (Phi) is 5.20. The Morgan fingerprint density at radius 2 is 2.06 bits per heavy atom. The Bertz CT molecular complexity index is 383. The predicted molar refractivity (Wildman–Crippen MR) is 68.3 cm³/mol. The molecule has 1 rings (SSSR count). The van der Waals surface area contributed by atoms with E-state index >= 15 is 0 Å². The summed E-state index contributed by atoms with van der Waals surface area (Å²) in [5, 5.41) is 3.79. The van der Waals surface area contributed by atoms with E-state index in [1.54, 1.807) is 13.1 Å². The van der Waals surface area contributed by atoms with Crippen molar-refractivity contribution in [2.24, 2.45) is 5.10 Å². The molecule has 92 valence electrons. The number of hydrogen-bond donors (Lipinski definition) is 1. The number of carbonyl (C=O) groups excluding carboxylic acids is 1. The van der Waals surface area contributed by atoms with E-state index in [1.807, 2.05) is 12.1 Å². The number of hydrogen-bond acceptors (Lipinski definition) is 3. The molecule has 0 aliphatic carbocycles. The van der Waals surface area contributed by atoms with Gasteiger partial charge in [0.15, 0.2) is 0 Å². The smallest absolute Gasteiger partial charge is 0.427 e. The Morgan fingerprint density at radius 3 is 2.59 bits per heavy atom. The lowest BCUT2D eigenvalue weighted by molar-refractivity contribution is 0.152. The molecular weight excluding hydrogens is 216 g/mol. The molecular formula is C13H18N2O2. The van der Waals surface area contributed by atoms with E-state index in [2.05, 4.69) is 41.2 Å². The van der Waals surface area contributed by atoms with Crippen LogP contribution in [0.4, 0.5) is 4.79 Å². The molecule has 0 fully saturated rings. The zero-order valence-corrected chi connectivity index (χ0v) is 10.4. The van der Waals surface area contributed by atoms with Gasteiger partial charge in [0, 0.05) is 0 Å². The summed E-state index contributed by atoms with van der Waals surface area (Å²) >= 11 is 0. The molecule has 0 aliphatic rings. The Morgan fingerprint density at radius 1 is 1.41 bits per heavy atom. The zero-order chi connectivity index (χ0) is 12.7. The molecule has 1 aromatic carbocycles. The van der Waals surface area contributed by atoms with Crippen molar-refractivity contribution >= 4 is 12.3 Å². The number of benzene rings is 1. The van der Waals surface area contributed by atoms with Crippen molar-refractivity contribution in [1.82, 2.24) is 5.43 Å². The molecule has 0 saturated heterocycles. The molecule has 0 saturated carbocycles. The maximum atomic E-state index is 10.9. The summed E-state index contributed by atoms with van der Waals surface area (Å²) in [5.74, 6) is 0.513. The fourth-order valence-corrected chi connectivity index (χ4v) is 1.29. The van der Waals surface area contributed by atoms with E-state index in [9.17, 15) is 4.79 Å². The lowest BCUT2D eigenvalue weighted by Gasteiger charge is -2.04. The molecule has 0 spiro atoms. The summed E-state index contributed by atoms with van der Waals surface area (Å²) in [4.78, 5) is 10.9. The minimum absolute atomic E-state index is 0.338. The maximum absolute atomic E-state index is 10.9. The summed E-state index contributed by atoms with van der Waals surface area (Å²) in [6, 6.07) is 8.03. The van der Waals surface area contributed by atoms with Crippen LogP contribution in [-0.4, -0.2) is 18.9 Å². The summed E-state index contributed by atoms with van der Waals surface area (Å²) in [7, 11) is 0. The second-order valence-electron chi connectivity index (χ2n) is 3.91. The molecule has 4 nitrogen and oxygen atoms in total. The van der Waals surface area contributed by atoms with E-state index in [0.717, 1.165) is 5.56 Å². The van der Waals surface area contributed by atoms with Crippen molar-refractivity contribution in [3.8, 4) is 0 Å². The van der Waals surface area contributed by atoms with E-state index in [0.29, 0.717) is 12.5 Å². The van der Waals surface area contributed by atoms with Gasteiger partial charge in [-0.15, -0.1) is 0 Å². The van der Waals surface area contributed by atoms with Crippen molar-refractivity contribution in [2.45, 2.75) is 26.7 Å². The van der Waals surface area contributed by atoms with Crippen molar-refractivity contribution < 1.29 is 9.53 Å². The van der Waals surface area contributed by atoms with Crippen LogP contribution in [0.1, 0.15) is 37.8 Å². The van der Waals surface area contributed by atoms with E-state index in [1.165, 1.54) is 5.56 Å². The van der Waals surface area contributed by atoms with Gasteiger partial charge in [-0.3, -0.25) is 0 Å². The molecule has 0 atom stereocenters. The summed E-state index contributed by atoms with van der Waals surface area (Å²) in [6.45, 7) is 6.37. The first-order chi connectivity index (χ1) is 8.13. The largest absolute Gasteiger partial charge is 0.449 e. The second-order valence-corrected chi connectivity index (χ2v) is 3.91. The first-order valence-corrected chi connectivity index (χ1v) is 5.69. The third kappa shape index (κ3) is 4.68. The third-order valence-corrected chi connectivity index (χ3v) is 2.25. The van der Waals surface area contributed by atoms with Crippen LogP contribution in [0, 0.1) is 0 Å². The molecule has 0 aliphatic heterocycles. The molecule has 0 aromatic heterocycles. The number of amides is 1. The predicted octanol–water partition coefficient (Wildman–Crippen LogP) is 2.89. The molecule has 1 amide bonds. The number of rotatable bonds is 4. The second kappa shape index (κ2) is 6.68. The lowest BCUT2D eigenvalue weighted by Crippen LogP contribution is -2.18. The van der Waals surface area contributed by atoms with Crippen LogP contribution in [0.2, 0.25) is 0 Å². The van der Waals surface area contributed by atoms with Gasteiger partial charge in [-0.1, -0.05) is 38.1 Å². The number of carbonyl (C=O) groups is 1. The number of ether oxygens (including phenoxy) is 1. The monoisotopic (exact) mass is 234 g/mol. The summed E-state index contributed by atoms with van der Waals surface area (Å²) in [5.41, 5.74) is 4.49. The standard InChI is InChI=1S/C13H18N2O2/c1-4-17-13(16)15-14-9-11-5-7-12(8-6-11)10(2)3/h5-10H,4H2,1-3H3,(H,15,16)/b14-9+. The van der Waals surface area contributed by atoms with Crippen LogP contribution >= 0.6 is 0 Å². The fourth-order valence-electron chi connectivity index (χ4n) is 1.29. The van der Waals surface area contributed by atoms with Gasteiger partial charge in [-0.05, 0) is 24.0 Å². The Balaban J connectivity index is 2.51. The molecule has 0 radical (unpaired) electrons. The van der Waals surface area contributed by atoms with Crippen molar-refractivity contribution in [3.05, 3.63) is 35.4 Å². The van der Waals surface area contributed by atoms with Crippen molar-refractivity contribution in [3.63, 3.8) is 0 Å². The highest BCUT2D eigenvalue weighted by atomic mass is 16.5. The first-order valence-electron chi connectivity index (χ1n) is 5.69. The number of nitrogens with zero attached hydrogens (tertiary/aromatic N) is 1. The number of hydrazone groups is 1. The lowest BCUT2D eigenvalue weighted by atomic mass is 10.0. The SMILES string of the molecule is CCOC(=O)N/N=C/c1ccc(C(C)C)cc1. The Hall–Kier alpha value is -1.84. The normalized spacial score (nSPS) is 10.8. The minimum Gasteiger partial charge on any atom is -0.449 e. The molecule has 0 bridgehead atoms. The topological polar surface area (TPSA) is 50.7 Å². The van der Waals surface area contributed by atoms with Gasteiger partial charge in [-0.25, -0.2) is 10.2 Å². The van der Waals surface area contributed by atoms with Gasteiger partial charge < -0.3 is 4.74 Å². The summed E-state index contributed by atoms with van der Waals surface area (Å²) in [6.07, 6.45) is 1.05. The van der Waals surface area contributed by atoms with Gasteiger partial charge in [0.05, 0.1) is 12.8 Å². The third-order valence-electron chi connectivity index (χ3n) is 2.25. The van der Waals surface area contributed by atoms with Crippen LogP contribution < -0.4 is 5.43 Å². The highest BCUT2D eigenvalue weighted by molar-refractivity contribution is 5.80. The molecule has 1 N–H and O–H groups in total. The van der Waals surface area contributed by atoms with Crippen molar-refractivity contribution in [2.75, 3.05) is 6.61 Å². The Labute approximate surface area is 102 Å². The van der Waals surface area contributed by atoms with E-state index in [-0.39, 0.29) is 0 Å². The maximum Gasteiger partial charge on any atom is 0.427 e. The highest BCUT2D eigenvalue weighted by Crippen LogP contribution is 2.13. The molecule has 0 unspecified atom stereocenters. The first kappa shape index (κ1) is 13.2. The van der Waals surface area contributed by atoms with Gasteiger partial charge in [0.25, 0.3) is 0 Å². The summed E-state index contributed by atoms with van der Waals surface area (Å²) < 4.78 is 4.67. The van der Waals surface area contributed by atoms with Crippen LogP contribution in [0.25, 0.3) is 0 Å². The molecule has 4 heteroatoms. The van der Waals surface area contributed by atoms with Gasteiger partial charge in [0.2, 0.25) is 0 Å². The van der Waals surface area contributed by atoms with E-state index < -0.39 is 6.09 Å². The molecule has 17 heavy (non-hydrogen) atoms. The highest BCUT2D eigenvalue weighted by Gasteiger charge is 1.98. The zero-order valence-electron chi connectivity index (χ0n) is 10.4. The van der Waals surface area contributed by atoms with Crippen LogP contribution in [0.5, 0.6) is 0 Å². The minimum atomic E-state index is -0.539.